The van der Waals surface area contributed by atoms with Crippen molar-refractivity contribution in [3.63, 3.8) is 0 Å². The molecule has 2 N–H and O–H groups in total. The van der Waals surface area contributed by atoms with Crippen LogP contribution in [-0.4, -0.2) is 11.7 Å². The highest BCUT2D eigenvalue weighted by Gasteiger charge is 2.13. The SMILES string of the molecule is CCC(CC)C(=O)Nc1ccc(Nc2ccc(C(C)=O)cc2)cc1. The van der Waals surface area contributed by atoms with Crippen molar-refractivity contribution in [2.24, 2.45) is 5.92 Å². The fourth-order valence-electron chi connectivity index (χ4n) is 2.50. The van der Waals surface area contributed by atoms with Crippen LogP contribution >= 0.6 is 0 Å². The molecule has 0 aromatic heterocycles. The summed E-state index contributed by atoms with van der Waals surface area (Å²) in [4.78, 5) is 23.4. The molecule has 0 fully saturated rings. The van der Waals surface area contributed by atoms with Crippen molar-refractivity contribution in [3.8, 4) is 0 Å². The third kappa shape index (κ3) is 4.69. The van der Waals surface area contributed by atoms with Gasteiger partial charge in [-0.25, -0.2) is 0 Å². The Balaban J connectivity index is 1.99. The van der Waals surface area contributed by atoms with Crippen LogP contribution in [0.25, 0.3) is 0 Å². The molecule has 1 amide bonds. The summed E-state index contributed by atoms with van der Waals surface area (Å²) < 4.78 is 0. The third-order valence-electron chi connectivity index (χ3n) is 4.09. The maximum absolute atomic E-state index is 12.1. The van der Waals surface area contributed by atoms with Gasteiger partial charge in [-0.05, 0) is 68.3 Å². The molecule has 0 aliphatic rings. The number of Topliss-reactive ketones (excluding diaryl/α,β-unsaturated/α-hetero) is 1. The lowest BCUT2D eigenvalue weighted by molar-refractivity contribution is -0.120. The van der Waals surface area contributed by atoms with Crippen LogP contribution in [0.1, 0.15) is 44.0 Å². The Kier molecular flexibility index (Phi) is 6.13. The van der Waals surface area contributed by atoms with Gasteiger partial charge in [-0.3, -0.25) is 9.59 Å². The topological polar surface area (TPSA) is 58.2 Å². The molecule has 0 heterocycles. The molecule has 0 spiro atoms. The Morgan fingerprint density at radius 1 is 0.833 bits per heavy atom. The van der Waals surface area contributed by atoms with Gasteiger partial charge in [0.25, 0.3) is 0 Å². The summed E-state index contributed by atoms with van der Waals surface area (Å²) in [6, 6.07) is 14.9. The molecule has 0 radical (unpaired) electrons. The van der Waals surface area contributed by atoms with Crippen molar-refractivity contribution in [1.82, 2.24) is 0 Å². The second-order valence-electron chi connectivity index (χ2n) is 5.84. The fraction of sp³-hybridized carbons (Fsp3) is 0.300. The molecule has 0 aliphatic heterocycles. The van der Waals surface area contributed by atoms with Gasteiger partial charge in [0.15, 0.2) is 5.78 Å². The van der Waals surface area contributed by atoms with E-state index in [0.29, 0.717) is 5.56 Å². The van der Waals surface area contributed by atoms with Gasteiger partial charge in [0.2, 0.25) is 5.91 Å². The molecule has 0 saturated carbocycles. The molecule has 0 atom stereocenters. The molecule has 0 unspecified atom stereocenters. The van der Waals surface area contributed by atoms with Crippen LogP contribution in [0.15, 0.2) is 48.5 Å². The summed E-state index contributed by atoms with van der Waals surface area (Å²) in [6.07, 6.45) is 1.69. The maximum Gasteiger partial charge on any atom is 0.227 e. The van der Waals surface area contributed by atoms with Gasteiger partial charge >= 0.3 is 0 Å². The van der Waals surface area contributed by atoms with E-state index in [1.165, 1.54) is 0 Å². The predicted molar refractivity (Wildman–Crippen MR) is 98.9 cm³/mol. The van der Waals surface area contributed by atoms with Crippen molar-refractivity contribution in [1.29, 1.82) is 0 Å². The highest BCUT2D eigenvalue weighted by atomic mass is 16.1. The van der Waals surface area contributed by atoms with Crippen LogP contribution in [0, 0.1) is 5.92 Å². The van der Waals surface area contributed by atoms with Crippen LogP contribution in [0.3, 0.4) is 0 Å². The Morgan fingerprint density at radius 3 is 1.75 bits per heavy atom. The quantitative estimate of drug-likeness (QED) is 0.704. The number of rotatable bonds is 7. The molecule has 0 saturated heterocycles. The van der Waals surface area contributed by atoms with Gasteiger partial charge in [-0.2, -0.15) is 0 Å². The van der Waals surface area contributed by atoms with Crippen LogP contribution in [0.4, 0.5) is 17.1 Å². The first-order chi connectivity index (χ1) is 11.5. The normalized spacial score (nSPS) is 10.5. The maximum atomic E-state index is 12.1. The zero-order valence-corrected chi connectivity index (χ0v) is 14.4. The monoisotopic (exact) mass is 324 g/mol. The third-order valence-corrected chi connectivity index (χ3v) is 4.09. The summed E-state index contributed by atoms with van der Waals surface area (Å²) in [5.74, 6) is 0.183. The van der Waals surface area contributed by atoms with Gasteiger partial charge < -0.3 is 10.6 Å². The van der Waals surface area contributed by atoms with E-state index < -0.39 is 0 Å². The molecule has 4 nitrogen and oxygen atoms in total. The number of carbonyl (C=O) groups excluding carboxylic acids is 2. The highest BCUT2D eigenvalue weighted by Crippen LogP contribution is 2.20. The van der Waals surface area contributed by atoms with E-state index in [9.17, 15) is 9.59 Å². The van der Waals surface area contributed by atoms with Crippen molar-refractivity contribution in [2.75, 3.05) is 10.6 Å². The van der Waals surface area contributed by atoms with Gasteiger partial charge in [0.1, 0.15) is 0 Å². The summed E-state index contributed by atoms with van der Waals surface area (Å²) in [5.41, 5.74) is 3.32. The summed E-state index contributed by atoms with van der Waals surface area (Å²) in [5, 5.41) is 6.22. The van der Waals surface area contributed by atoms with E-state index in [-0.39, 0.29) is 17.6 Å². The summed E-state index contributed by atoms with van der Waals surface area (Å²) in [6.45, 7) is 5.60. The Labute approximate surface area is 143 Å². The highest BCUT2D eigenvalue weighted by molar-refractivity contribution is 5.94. The molecule has 126 valence electrons. The van der Waals surface area contributed by atoms with Crippen LogP contribution in [-0.2, 0) is 4.79 Å². The molecule has 2 rings (SSSR count). The Morgan fingerprint density at radius 2 is 1.29 bits per heavy atom. The molecule has 2 aromatic rings. The Hall–Kier alpha value is -2.62. The molecule has 0 bridgehead atoms. The number of ketones is 1. The minimum Gasteiger partial charge on any atom is -0.356 e. The van der Waals surface area contributed by atoms with Crippen LogP contribution in [0.2, 0.25) is 0 Å². The molecular weight excluding hydrogens is 300 g/mol. The second kappa shape index (κ2) is 8.29. The number of nitrogens with one attached hydrogen (secondary N) is 2. The van der Waals surface area contributed by atoms with Crippen LogP contribution < -0.4 is 10.6 Å². The average molecular weight is 324 g/mol. The van der Waals surface area contributed by atoms with E-state index in [1.807, 2.05) is 50.2 Å². The molecule has 0 aliphatic carbocycles. The van der Waals surface area contributed by atoms with Gasteiger partial charge in [-0.15, -0.1) is 0 Å². The number of anilines is 3. The molecule has 2 aromatic carbocycles. The lowest BCUT2D eigenvalue weighted by atomic mass is 10.0. The first-order valence-corrected chi connectivity index (χ1v) is 8.32. The lowest BCUT2D eigenvalue weighted by Gasteiger charge is -2.13. The number of hydrogen-bond donors (Lipinski definition) is 2. The first-order valence-electron chi connectivity index (χ1n) is 8.32. The van der Waals surface area contributed by atoms with Crippen molar-refractivity contribution < 1.29 is 9.59 Å². The van der Waals surface area contributed by atoms with E-state index >= 15 is 0 Å². The van der Waals surface area contributed by atoms with E-state index in [1.54, 1.807) is 19.1 Å². The number of amides is 1. The van der Waals surface area contributed by atoms with Crippen molar-refractivity contribution >= 4 is 28.8 Å². The number of hydrogen-bond acceptors (Lipinski definition) is 3. The minimum atomic E-state index is 0.0547. The molecule has 24 heavy (non-hydrogen) atoms. The smallest absolute Gasteiger partial charge is 0.227 e. The first kappa shape index (κ1) is 17.7. The van der Waals surface area contributed by atoms with E-state index in [0.717, 1.165) is 29.9 Å². The average Bonchev–Trinajstić information content (AvgIpc) is 2.58. The van der Waals surface area contributed by atoms with Gasteiger partial charge in [0, 0.05) is 28.5 Å². The zero-order valence-electron chi connectivity index (χ0n) is 14.4. The number of carbonyl (C=O) groups is 2. The van der Waals surface area contributed by atoms with Gasteiger partial charge in [-0.1, -0.05) is 13.8 Å². The van der Waals surface area contributed by atoms with Crippen LogP contribution in [0.5, 0.6) is 0 Å². The van der Waals surface area contributed by atoms with E-state index in [2.05, 4.69) is 10.6 Å². The standard InChI is InChI=1S/C20H24N2O2/c1-4-15(5-2)20(24)22-19-12-10-18(11-13-19)21-17-8-6-16(7-9-17)14(3)23/h6-13,15,21H,4-5H2,1-3H3,(H,22,24). The zero-order chi connectivity index (χ0) is 17.5. The van der Waals surface area contributed by atoms with Crippen molar-refractivity contribution in [3.05, 3.63) is 54.1 Å². The second-order valence-corrected chi connectivity index (χ2v) is 5.84. The fourth-order valence-corrected chi connectivity index (χ4v) is 2.50. The van der Waals surface area contributed by atoms with Gasteiger partial charge in [0.05, 0.1) is 0 Å². The summed E-state index contributed by atoms with van der Waals surface area (Å²) >= 11 is 0. The van der Waals surface area contributed by atoms with Crippen molar-refractivity contribution in [2.45, 2.75) is 33.6 Å². The van der Waals surface area contributed by atoms with E-state index in [4.69, 9.17) is 0 Å². The largest absolute Gasteiger partial charge is 0.356 e. The summed E-state index contributed by atoms with van der Waals surface area (Å²) in [7, 11) is 0. The molecule has 4 heteroatoms. The number of benzene rings is 2. The lowest BCUT2D eigenvalue weighted by Crippen LogP contribution is -2.21. The molecular formula is C20H24N2O2. The Bertz CT molecular complexity index is 687. The predicted octanol–water partition coefficient (Wildman–Crippen LogP) is 5.01. The minimum absolute atomic E-state index is 0.0547.